The van der Waals surface area contributed by atoms with Crippen LogP contribution in [0.25, 0.3) is 15.9 Å². The molecule has 1 aliphatic carbocycles. The minimum Gasteiger partial charge on any atom is -0.341 e. The number of fused-ring (bicyclic) bond motifs is 3. The topological polar surface area (TPSA) is 89.3 Å². The summed E-state index contributed by atoms with van der Waals surface area (Å²) in [5.41, 5.74) is 3.84. The maximum absolute atomic E-state index is 14.0. The van der Waals surface area contributed by atoms with E-state index in [9.17, 15) is 18.0 Å². The average molecular weight is 546 g/mol. The van der Waals surface area contributed by atoms with E-state index in [0.29, 0.717) is 22.9 Å². The van der Waals surface area contributed by atoms with Crippen molar-refractivity contribution in [3.8, 4) is 5.69 Å². The zero-order valence-electron chi connectivity index (χ0n) is 21.0. The second kappa shape index (κ2) is 9.61. The predicted molar refractivity (Wildman–Crippen MR) is 146 cm³/mol. The first-order valence-corrected chi connectivity index (χ1v) is 15.9. The summed E-state index contributed by atoms with van der Waals surface area (Å²) < 4.78 is 25.4. The number of aromatic nitrogens is 2. The van der Waals surface area contributed by atoms with Crippen molar-refractivity contribution in [3.63, 3.8) is 0 Å². The van der Waals surface area contributed by atoms with Crippen LogP contribution in [0.3, 0.4) is 0 Å². The molecule has 192 valence electrons. The van der Waals surface area contributed by atoms with E-state index >= 15 is 0 Å². The van der Waals surface area contributed by atoms with Gasteiger partial charge in [0.15, 0.2) is 15.0 Å². The third-order valence-corrected chi connectivity index (χ3v) is 11.2. The van der Waals surface area contributed by atoms with Crippen molar-refractivity contribution in [2.24, 2.45) is 5.92 Å². The molecule has 2 aliphatic rings. The zero-order chi connectivity index (χ0) is 25.8. The minimum atomic E-state index is -3.09. The third kappa shape index (κ3) is 4.75. The van der Waals surface area contributed by atoms with Crippen molar-refractivity contribution in [2.45, 2.75) is 57.7 Å². The van der Waals surface area contributed by atoms with Gasteiger partial charge in [0.2, 0.25) is 5.91 Å². The lowest BCUT2D eigenvalue weighted by Crippen LogP contribution is -2.39. The van der Waals surface area contributed by atoms with Gasteiger partial charge in [-0.15, -0.1) is 11.3 Å². The summed E-state index contributed by atoms with van der Waals surface area (Å²) in [6.45, 7) is 6.22. The van der Waals surface area contributed by atoms with E-state index in [1.165, 1.54) is 16.6 Å². The largest absolute Gasteiger partial charge is 0.341 e. The van der Waals surface area contributed by atoms with Gasteiger partial charge in [-0.25, -0.2) is 13.4 Å². The molecular weight excluding hydrogens is 515 g/mol. The fourth-order valence-corrected chi connectivity index (χ4v) is 9.28. The van der Waals surface area contributed by atoms with Crippen LogP contribution >= 0.6 is 23.1 Å². The number of aryl methyl sites for hydroxylation is 3. The Kier molecular flexibility index (Phi) is 6.80. The van der Waals surface area contributed by atoms with Gasteiger partial charge in [0.05, 0.1) is 28.3 Å². The van der Waals surface area contributed by atoms with E-state index in [1.807, 2.05) is 32.0 Å². The molecule has 5 rings (SSSR count). The molecule has 7 nitrogen and oxygen atoms in total. The van der Waals surface area contributed by atoms with Crippen molar-refractivity contribution in [1.82, 2.24) is 14.5 Å². The quantitative estimate of drug-likeness (QED) is 0.357. The predicted octanol–water partition coefficient (Wildman–Crippen LogP) is 3.93. The van der Waals surface area contributed by atoms with Crippen molar-refractivity contribution in [1.29, 1.82) is 0 Å². The molecule has 1 amide bonds. The van der Waals surface area contributed by atoms with Gasteiger partial charge in [0, 0.05) is 18.0 Å². The highest BCUT2D eigenvalue weighted by molar-refractivity contribution is 7.99. The van der Waals surface area contributed by atoms with Crippen LogP contribution in [-0.4, -0.2) is 59.1 Å². The third-order valence-electron chi connectivity index (χ3n) is 7.38. The van der Waals surface area contributed by atoms with Crippen molar-refractivity contribution >= 4 is 49.1 Å². The fourth-order valence-electron chi connectivity index (χ4n) is 5.15. The number of sulfone groups is 1. The van der Waals surface area contributed by atoms with E-state index < -0.39 is 9.84 Å². The summed E-state index contributed by atoms with van der Waals surface area (Å²) in [4.78, 5) is 35.5. The van der Waals surface area contributed by atoms with Gasteiger partial charge in [-0.05, 0) is 68.2 Å². The summed E-state index contributed by atoms with van der Waals surface area (Å²) in [7, 11) is -1.42. The van der Waals surface area contributed by atoms with E-state index in [-0.39, 0.29) is 34.8 Å². The summed E-state index contributed by atoms with van der Waals surface area (Å²) in [5.74, 6) is 0.639. The molecule has 36 heavy (non-hydrogen) atoms. The Morgan fingerprint density at radius 3 is 2.78 bits per heavy atom. The molecule has 0 bridgehead atoms. The lowest BCUT2D eigenvalue weighted by molar-refractivity contribution is -0.128. The van der Waals surface area contributed by atoms with Gasteiger partial charge in [0.1, 0.15) is 4.83 Å². The van der Waals surface area contributed by atoms with Crippen LogP contribution in [0.2, 0.25) is 0 Å². The Hall–Kier alpha value is -2.17. The van der Waals surface area contributed by atoms with Crippen molar-refractivity contribution in [2.75, 3.05) is 24.3 Å². The lowest BCUT2D eigenvalue weighted by Gasteiger charge is -2.23. The number of amides is 1. The molecule has 3 heterocycles. The first-order valence-electron chi connectivity index (χ1n) is 12.3. The first kappa shape index (κ1) is 25.5. The van der Waals surface area contributed by atoms with Gasteiger partial charge < -0.3 is 4.90 Å². The number of thioether (sulfide) groups is 1. The van der Waals surface area contributed by atoms with Gasteiger partial charge in [0.25, 0.3) is 5.56 Å². The van der Waals surface area contributed by atoms with E-state index in [1.54, 1.807) is 27.9 Å². The molecule has 1 saturated heterocycles. The molecule has 2 atom stereocenters. The summed E-state index contributed by atoms with van der Waals surface area (Å²) >= 11 is 2.85. The summed E-state index contributed by atoms with van der Waals surface area (Å²) in [6.07, 6.45) is 3.39. The number of benzene rings is 1. The standard InChI is InChI=1S/C26H31N3O4S3/c1-15-5-7-17(3)20(11-15)29-25(31)23-19-8-6-16(2)12-21(19)35-24(23)27-26(29)34-13-22(30)28(4)18-9-10-36(32,33)14-18/h5,7,11,16,18H,6,8-10,12-14H2,1-4H3. The monoisotopic (exact) mass is 545 g/mol. The lowest BCUT2D eigenvalue weighted by atomic mass is 9.89. The molecule has 0 saturated carbocycles. The smallest absolute Gasteiger partial charge is 0.267 e. The number of hydrogen-bond donors (Lipinski definition) is 0. The van der Waals surface area contributed by atoms with Crippen molar-refractivity contribution < 1.29 is 13.2 Å². The molecule has 0 radical (unpaired) electrons. The summed E-state index contributed by atoms with van der Waals surface area (Å²) in [6, 6.07) is 5.71. The van der Waals surface area contributed by atoms with Gasteiger partial charge >= 0.3 is 0 Å². The molecule has 0 spiro atoms. The molecule has 1 aromatic carbocycles. The molecule has 2 unspecified atom stereocenters. The van der Waals surface area contributed by atoms with Crippen LogP contribution in [0.5, 0.6) is 0 Å². The van der Waals surface area contributed by atoms with Crippen LogP contribution < -0.4 is 5.56 Å². The molecule has 0 N–H and O–H groups in total. The minimum absolute atomic E-state index is 0.0104. The number of carbonyl (C=O) groups is 1. The molecule has 1 aliphatic heterocycles. The highest BCUT2D eigenvalue weighted by Crippen LogP contribution is 2.37. The van der Waals surface area contributed by atoms with E-state index in [4.69, 9.17) is 4.98 Å². The Morgan fingerprint density at radius 2 is 2.06 bits per heavy atom. The molecular formula is C26H31N3O4S3. The molecule has 1 fully saturated rings. The van der Waals surface area contributed by atoms with Crippen LogP contribution in [0.15, 0.2) is 28.2 Å². The maximum atomic E-state index is 14.0. The van der Waals surface area contributed by atoms with Gasteiger partial charge in [-0.2, -0.15) is 0 Å². The Balaban J connectivity index is 1.55. The van der Waals surface area contributed by atoms with E-state index in [0.717, 1.165) is 46.5 Å². The second-order valence-electron chi connectivity index (χ2n) is 10.2. The zero-order valence-corrected chi connectivity index (χ0v) is 23.5. The number of rotatable bonds is 5. The number of thiophene rings is 1. The van der Waals surface area contributed by atoms with Crippen LogP contribution in [0.1, 0.15) is 41.3 Å². The van der Waals surface area contributed by atoms with Gasteiger partial charge in [-0.1, -0.05) is 30.8 Å². The normalized spacial score (nSPS) is 21.0. The molecule has 2 aromatic heterocycles. The summed E-state index contributed by atoms with van der Waals surface area (Å²) in [5, 5.41) is 1.21. The highest BCUT2D eigenvalue weighted by Gasteiger charge is 2.33. The fraction of sp³-hybridized carbons (Fsp3) is 0.500. The van der Waals surface area contributed by atoms with Crippen LogP contribution in [0, 0.1) is 19.8 Å². The number of nitrogens with zero attached hydrogens (tertiary/aromatic N) is 3. The SMILES string of the molecule is Cc1ccc(C)c(-n2c(SCC(=O)N(C)C3CCS(=O)(=O)C3)nc3sc4c(c3c2=O)CCC(C)C4)c1. The number of carbonyl (C=O) groups excluding carboxylic acids is 1. The highest BCUT2D eigenvalue weighted by atomic mass is 32.2. The Labute approximate surface area is 219 Å². The Morgan fingerprint density at radius 1 is 1.28 bits per heavy atom. The first-order chi connectivity index (χ1) is 17.0. The maximum Gasteiger partial charge on any atom is 0.267 e. The van der Waals surface area contributed by atoms with Gasteiger partial charge in [-0.3, -0.25) is 14.2 Å². The molecule has 3 aromatic rings. The molecule has 10 heteroatoms. The average Bonchev–Trinajstić information content (AvgIpc) is 3.37. The van der Waals surface area contributed by atoms with Crippen LogP contribution in [-0.2, 0) is 27.5 Å². The second-order valence-corrected chi connectivity index (χ2v) is 14.5. The van der Waals surface area contributed by atoms with E-state index in [2.05, 4.69) is 6.92 Å². The Bertz CT molecular complexity index is 1520. The number of hydrogen-bond acceptors (Lipinski definition) is 7. The van der Waals surface area contributed by atoms with Crippen LogP contribution in [0.4, 0.5) is 0 Å². The van der Waals surface area contributed by atoms with Crippen molar-refractivity contribution in [3.05, 3.63) is 50.1 Å².